The van der Waals surface area contributed by atoms with Crippen LogP contribution in [-0.2, 0) is 28.7 Å². The lowest BCUT2D eigenvalue weighted by atomic mass is 10.1. The predicted octanol–water partition coefficient (Wildman–Crippen LogP) is -2.84. The van der Waals surface area contributed by atoms with E-state index in [9.17, 15) is 29.4 Å². The summed E-state index contributed by atoms with van der Waals surface area (Å²) in [5.74, 6) is -7.85. The Morgan fingerprint density at radius 3 is 2.24 bits per heavy atom. The number of carbonyl (C=O) groups is 4. The van der Waals surface area contributed by atoms with E-state index >= 15 is 0 Å². The molecule has 0 spiro atoms. The molecular weight excluding hydrogens is 286 g/mol. The molecule has 0 amide bonds. The lowest BCUT2D eigenvalue weighted by Gasteiger charge is -2.31. The zero-order valence-electron chi connectivity index (χ0n) is 11.4. The van der Waals surface area contributed by atoms with E-state index in [2.05, 4.69) is 4.99 Å². The van der Waals surface area contributed by atoms with Gasteiger partial charge in [0.25, 0.3) is 5.79 Å². The molecule has 1 aliphatic rings. The first-order valence-corrected chi connectivity index (χ1v) is 6.02. The van der Waals surface area contributed by atoms with Gasteiger partial charge in [-0.1, -0.05) is 0 Å². The molecule has 1 fully saturated rings. The number of aliphatic carboxylic acids is 2. The topological polar surface area (TPSA) is 145 Å². The van der Waals surface area contributed by atoms with Crippen molar-refractivity contribution < 1.29 is 38.9 Å². The number of carboxylic acids is 2. The summed E-state index contributed by atoms with van der Waals surface area (Å²) >= 11 is 0. The quantitative estimate of drug-likeness (QED) is 0.289. The van der Waals surface area contributed by atoms with Crippen molar-refractivity contribution >= 4 is 30.1 Å². The van der Waals surface area contributed by atoms with Gasteiger partial charge in [-0.15, -0.1) is 0 Å². The minimum Gasteiger partial charge on any atom is -0.550 e. The lowest BCUT2D eigenvalue weighted by molar-refractivity contribution is -0.309. The van der Waals surface area contributed by atoms with Crippen LogP contribution in [0, 0.1) is 5.92 Å². The standard InChI is InChI=1S/C12H15NO8/c1-12(2)20-10(18)6(11(19)21-12)5-13-7(9(16)17)3-4-8(14)15/h5-7H,3-4H2,1-2H3,(H,14,15)(H,16,17)/p-2/t7-/m1/s1. The molecular formula is C12H13NO8-2. The molecule has 9 heteroatoms. The summed E-state index contributed by atoms with van der Waals surface area (Å²) in [6, 6.07) is -1.52. The number of esters is 2. The van der Waals surface area contributed by atoms with Gasteiger partial charge in [-0.2, -0.15) is 0 Å². The second kappa shape index (κ2) is 6.33. The van der Waals surface area contributed by atoms with Crippen molar-refractivity contribution in [2.24, 2.45) is 10.9 Å². The number of ether oxygens (including phenoxy) is 2. The largest absolute Gasteiger partial charge is 0.550 e. The van der Waals surface area contributed by atoms with Crippen molar-refractivity contribution in [1.29, 1.82) is 0 Å². The van der Waals surface area contributed by atoms with Gasteiger partial charge in [0.05, 0.1) is 12.0 Å². The Hall–Kier alpha value is -2.45. The highest BCUT2D eigenvalue weighted by molar-refractivity contribution is 6.10. The molecule has 9 nitrogen and oxygen atoms in total. The summed E-state index contributed by atoms with van der Waals surface area (Å²) in [4.78, 5) is 47.7. The molecule has 1 aliphatic heterocycles. The van der Waals surface area contributed by atoms with Crippen molar-refractivity contribution in [3.8, 4) is 0 Å². The fourth-order valence-electron chi connectivity index (χ4n) is 1.55. The highest BCUT2D eigenvalue weighted by Crippen LogP contribution is 2.22. The van der Waals surface area contributed by atoms with Crippen molar-refractivity contribution in [3.05, 3.63) is 0 Å². The minimum atomic E-state index is -1.63. The van der Waals surface area contributed by atoms with Crippen LogP contribution in [0.5, 0.6) is 0 Å². The molecule has 1 rings (SSSR count). The number of hydrogen-bond acceptors (Lipinski definition) is 9. The van der Waals surface area contributed by atoms with Crippen molar-refractivity contribution in [1.82, 2.24) is 0 Å². The number of cyclic esters (lactones) is 2. The van der Waals surface area contributed by atoms with Gasteiger partial charge >= 0.3 is 11.9 Å². The van der Waals surface area contributed by atoms with Crippen LogP contribution in [0.25, 0.3) is 0 Å². The average molecular weight is 299 g/mol. The van der Waals surface area contributed by atoms with Gasteiger partial charge in [0.2, 0.25) is 0 Å². The number of rotatable bonds is 6. The first kappa shape index (κ1) is 16.6. The van der Waals surface area contributed by atoms with Crippen LogP contribution in [0.4, 0.5) is 0 Å². The molecule has 0 radical (unpaired) electrons. The number of aliphatic imine (C=N–C) groups is 1. The van der Waals surface area contributed by atoms with Crippen LogP contribution < -0.4 is 10.2 Å². The molecule has 1 saturated heterocycles. The Morgan fingerprint density at radius 1 is 1.29 bits per heavy atom. The Labute approximate surface area is 119 Å². The van der Waals surface area contributed by atoms with Crippen LogP contribution in [0.2, 0.25) is 0 Å². The fraction of sp³-hybridized carbons (Fsp3) is 0.583. The molecule has 0 aromatic heterocycles. The fourth-order valence-corrected chi connectivity index (χ4v) is 1.55. The maximum Gasteiger partial charge on any atom is 0.329 e. The Balaban J connectivity index is 2.76. The third-order valence-electron chi connectivity index (χ3n) is 2.51. The van der Waals surface area contributed by atoms with Gasteiger partial charge in [0, 0.05) is 26.0 Å². The van der Waals surface area contributed by atoms with Gasteiger partial charge < -0.3 is 29.3 Å². The molecule has 116 valence electrons. The SMILES string of the molecule is CC1(C)OC(=O)C(C=N[C@H](CCC(=O)[O-])C(=O)[O-])C(=O)O1. The van der Waals surface area contributed by atoms with E-state index < -0.39 is 48.0 Å². The lowest BCUT2D eigenvalue weighted by Crippen LogP contribution is -2.47. The molecule has 0 N–H and O–H groups in total. The summed E-state index contributed by atoms with van der Waals surface area (Å²) in [5.41, 5.74) is 0. The summed E-state index contributed by atoms with van der Waals surface area (Å²) in [6.07, 6.45) is -0.179. The molecule has 0 unspecified atom stereocenters. The van der Waals surface area contributed by atoms with Crippen LogP contribution in [0.1, 0.15) is 26.7 Å². The molecule has 0 aliphatic carbocycles. The first-order valence-electron chi connectivity index (χ1n) is 6.02. The van der Waals surface area contributed by atoms with Crippen LogP contribution in [0.15, 0.2) is 4.99 Å². The van der Waals surface area contributed by atoms with Gasteiger partial charge in [0.1, 0.15) is 0 Å². The smallest absolute Gasteiger partial charge is 0.329 e. The molecule has 1 heterocycles. The zero-order valence-corrected chi connectivity index (χ0v) is 11.4. The maximum absolute atomic E-state index is 11.6. The van der Waals surface area contributed by atoms with E-state index in [1.165, 1.54) is 13.8 Å². The molecule has 1 atom stereocenters. The molecule has 0 aromatic rings. The molecule has 21 heavy (non-hydrogen) atoms. The van der Waals surface area contributed by atoms with Gasteiger partial charge in [-0.3, -0.25) is 14.6 Å². The van der Waals surface area contributed by atoms with Crippen LogP contribution in [0.3, 0.4) is 0 Å². The number of carboxylic acid groups (broad SMARTS) is 2. The summed E-state index contributed by atoms with van der Waals surface area (Å²) in [6.45, 7) is 2.72. The Morgan fingerprint density at radius 2 is 1.81 bits per heavy atom. The third kappa shape index (κ3) is 4.86. The molecule has 0 saturated carbocycles. The normalized spacial score (nSPS) is 19.9. The highest BCUT2D eigenvalue weighted by Gasteiger charge is 2.42. The van der Waals surface area contributed by atoms with E-state index in [1.807, 2.05) is 0 Å². The van der Waals surface area contributed by atoms with Crippen LogP contribution in [-0.4, -0.2) is 41.9 Å². The molecule has 0 bridgehead atoms. The number of nitrogens with zero attached hydrogens (tertiary/aromatic N) is 1. The second-order valence-corrected chi connectivity index (χ2v) is 4.76. The van der Waals surface area contributed by atoms with Crippen LogP contribution >= 0.6 is 0 Å². The average Bonchev–Trinajstić information content (AvgIpc) is 2.29. The monoisotopic (exact) mass is 299 g/mol. The first-order chi connectivity index (χ1) is 9.62. The number of hydrogen-bond donors (Lipinski definition) is 0. The highest BCUT2D eigenvalue weighted by atomic mass is 16.7. The Kier molecular flexibility index (Phi) is 5.01. The molecule has 0 aromatic carbocycles. The summed E-state index contributed by atoms with van der Waals surface area (Å²) in [5, 5.41) is 21.1. The third-order valence-corrected chi connectivity index (χ3v) is 2.51. The van der Waals surface area contributed by atoms with Crippen molar-refractivity contribution in [3.63, 3.8) is 0 Å². The Bertz CT molecular complexity index is 475. The van der Waals surface area contributed by atoms with E-state index in [4.69, 9.17) is 9.47 Å². The van der Waals surface area contributed by atoms with E-state index in [0.717, 1.165) is 6.21 Å². The van der Waals surface area contributed by atoms with E-state index in [1.54, 1.807) is 0 Å². The summed E-state index contributed by atoms with van der Waals surface area (Å²) < 4.78 is 9.61. The zero-order chi connectivity index (χ0) is 16.2. The van der Waals surface area contributed by atoms with Crippen molar-refractivity contribution in [2.45, 2.75) is 38.5 Å². The van der Waals surface area contributed by atoms with Gasteiger partial charge in [-0.05, 0) is 12.8 Å². The van der Waals surface area contributed by atoms with Crippen molar-refractivity contribution in [2.75, 3.05) is 0 Å². The minimum absolute atomic E-state index is 0.385. The maximum atomic E-state index is 11.6. The number of carbonyl (C=O) groups excluding carboxylic acids is 4. The van der Waals surface area contributed by atoms with Gasteiger partial charge in [0.15, 0.2) is 5.92 Å². The van der Waals surface area contributed by atoms with E-state index in [-0.39, 0.29) is 6.42 Å². The van der Waals surface area contributed by atoms with E-state index in [0.29, 0.717) is 0 Å². The predicted molar refractivity (Wildman–Crippen MR) is 61.3 cm³/mol. The summed E-state index contributed by atoms with van der Waals surface area (Å²) in [7, 11) is 0. The van der Waals surface area contributed by atoms with Gasteiger partial charge in [-0.25, -0.2) is 0 Å². The second-order valence-electron chi connectivity index (χ2n) is 4.76.